The van der Waals surface area contributed by atoms with E-state index in [4.69, 9.17) is 0 Å². The number of carbonyl (C=O) groups is 2. The van der Waals surface area contributed by atoms with Crippen molar-refractivity contribution in [3.05, 3.63) is 112 Å². The summed E-state index contributed by atoms with van der Waals surface area (Å²) in [4.78, 5) is 25.4. The van der Waals surface area contributed by atoms with E-state index >= 15 is 0 Å². The lowest BCUT2D eigenvalue weighted by atomic mass is 10.1. The van der Waals surface area contributed by atoms with Gasteiger partial charge in [0.1, 0.15) is 5.70 Å². The summed E-state index contributed by atoms with van der Waals surface area (Å²) in [6, 6.07) is 25.6. The number of nitrogens with one attached hydrogen (secondary N) is 2. The maximum Gasteiger partial charge on any atom is 0.287 e. The van der Waals surface area contributed by atoms with Crippen LogP contribution in [-0.4, -0.2) is 17.5 Å². The third-order valence-electron chi connectivity index (χ3n) is 4.21. The first kappa shape index (κ1) is 21.2. The largest absolute Gasteiger partial charge is 0.317 e. The molecule has 3 rings (SSSR count). The molecule has 0 spiro atoms. The number of rotatable bonds is 6. The first-order valence-electron chi connectivity index (χ1n) is 9.26. The maximum absolute atomic E-state index is 12.8. The summed E-state index contributed by atoms with van der Waals surface area (Å²) in [5, 5.41) is 6.87. The molecule has 0 aliphatic rings. The highest BCUT2D eigenvalue weighted by Gasteiger charge is 2.14. The van der Waals surface area contributed by atoms with E-state index in [0.29, 0.717) is 11.3 Å². The molecule has 0 heterocycles. The molecule has 150 valence electrons. The normalized spacial score (nSPS) is 11.7. The van der Waals surface area contributed by atoms with E-state index < -0.39 is 5.91 Å². The molecule has 0 aliphatic heterocycles. The van der Waals surface area contributed by atoms with E-state index in [9.17, 15) is 9.59 Å². The summed E-state index contributed by atoms with van der Waals surface area (Å²) in [6.07, 6.45) is 1.61. The van der Waals surface area contributed by atoms with E-state index in [2.05, 4.69) is 31.8 Å². The highest BCUT2D eigenvalue weighted by atomic mass is 79.9. The highest BCUT2D eigenvalue weighted by Crippen LogP contribution is 2.12. The van der Waals surface area contributed by atoms with Gasteiger partial charge in [-0.25, -0.2) is 5.43 Å². The van der Waals surface area contributed by atoms with Gasteiger partial charge < -0.3 is 5.32 Å². The molecule has 3 aromatic rings. The number of benzene rings is 3. The lowest BCUT2D eigenvalue weighted by Crippen LogP contribution is -2.33. The molecule has 2 N–H and O–H groups in total. The Kier molecular flexibility index (Phi) is 7.29. The second kappa shape index (κ2) is 10.3. The Balaban J connectivity index is 1.82. The third-order valence-corrected chi connectivity index (χ3v) is 4.70. The molecule has 3 aromatic carbocycles. The minimum absolute atomic E-state index is 0.0980. The van der Waals surface area contributed by atoms with Crippen LogP contribution in [0.1, 0.15) is 28.4 Å². The third kappa shape index (κ3) is 5.99. The molecule has 30 heavy (non-hydrogen) atoms. The van der Waals surface area contributed by atoms with Crippen molar-refractivity contribution < 1.29 is 9.59 Å². The summed E-state index contributed by atoms with van der Waals surface area (Å²) in [7, 11) is 0. The molecule has 0 saturated carbocycles. The second-order valence-corrected chi connectivity index (χ2v) is 7.35. The lowest BCUT2D eigenvalue weighted by Gasteiger charge is -2.10. The fourth-order valence-electron chi connectivity index (χ4n) is 2.63. The number of nitrogens with zero attached hydrogens (tertiary/aromatic N) is 1. The first-order chi connectivity index (χ1) is 14.5. The van der Waals surface area contributed by atoms with Crippen molar-refractivity contribution >= 4 is 39.5 Å². The van der Waals surface area contributed by atoms with Gasteiger partial charge in [0.15, 0.2) is 0 Å². The van der Waals surface area contributed by atoms with Gasteiger partial charge in [-0.3, -0.25) is 9.59 Å². The zero-order chi connectivity index (χ0) is 21.3. The predicted molar refractivity (Wildman–Crippen MR) is 123 cm³/mol. The zero-order valence-electron chi connectivity index (χ0n) is 16.3. The molecule has 0 saturated heterocycles. The van der Waals surface area contributed by atoms with Crippen LogP contribution in [0.5, 0.6) is 0 Å². The van der Waals surface area contributed by atoms with E-state index in [1.807, 2.05) is 60.7 Å². The lowest BCUT2D eigenvalue weighted by molar-refractivity contribution is -0.117. The van der Waals surface area contributed by atoms with E-state index in [1.54, 1.807) is 37.3 Å². The van der Waals surface area contributed by atoms with Crippen LogP contribution in [0.15, 0.2) is 100 Å². The van der Waals surface area contributed by atoms with Crippen molar-refractivity contribution in [1.82, 2.24) is 10.7 Å². The minimum atomic E-state index is -0.516. The fraction of sp³-hybridized carbons (Fsp3) is 0.0417. The fourth-order valence-corrected chi connectivity index (χ4v) is 3.03. The van der Waals surface area contributed by atoms with Crippen molar-refractivity contribution in [1.29, 1.82) is 0 Å². The monoisotopic (exact) mass is 461 g/mol. The second-order valence-electron chi connectivity index (χ2n) is 6.44. The Labute approximate surface area is 183 Å². The Morgan fingerprint density at radius 1 is 0.867 bits per heavy atom. The van der Waals surface area contributed by atoms with Crippen LogP contribution >= 0.6 is 15.9 Å². The summed E-state index contributed by atoms with van der Waals surface area (Å²) in [5.74, 6) is -0.891. The summed E-state index contributed by atoms with van der Waals surface area (Å²) >= 11 is 3.42. The minimum Gasteiger partial charge on any atom is -0.317 e. The van der Waals surface area contributed by atoms with Crippen molar-refractivity contribution in [2.45, 2.75) is 6.92 Å². The molecular weight excluding hydrogens is 442 g/mol. The Morgan fingerprint density at radius 3 is 2.17 bits per heavy atom. The van der Waals surface area contributed by atoms with Gasteiger partial charge in [-0.15, -0.1) is 0 Å². The number of hydrogen-bond donors (Lipinski definition) is 2. The molecule has 0 unspecified atom stereocenters. The van der Waals surface area contributed by atoms with Crippen LogP contribution in [0.4, 0.5) is 0 Å². The highest BCUT2D eigenvalue weighted by molar-refractivity contribution is 9.10. The summed E-state index contributed by atoms with van der Waals surface area (Å²) in [5.41, 5.74) is 5.37. The number of halogens is 1. The molecule has 5 nitrogen and oxygen atoms in total. The SMILES string of the molecule is CC(=NNC(=O)/C(=C/c1ccccc1)NC(=O)c1ccccc1)c1cccc(Br)c1. The number of amides is 2. The molecule has 0 atom stereocenters. The van der Waals surface area contributed by atoms with Crippen molar-refractivity contribution in [3.63, 3.8) is 0 Å². The summed E-state index contributed by atoms with van der Waals surface area (Å²) < 4.78 is 0.917. The number of carbonyl (C=O) groups excluding carboxylic acids is 2. The Hall–Kier alpha value is -3.51. The molecule has 0 radical (unpaired) electrons. The maximum atomic E-state index is 12.8. The molecular formula is C24H20BrN3O2. The first-order valence-corrected chi connectivity index (χ1v) is 10.1. The number of hydrogen-bond acceptors (Lipinski definition) is 3. The van der Waals surface area contributed by atoms with Crippen molar-refractivity contribution in [2.24, 2.45) is 5.10 Å². The van der Waals surface area contributed by atoms with E-state index in [-0.39, 0.29) is 11.6 Å². The van der Waals surface area contributed by atoms with Gasteiger partial charge in [0, 0.05) is 10.0 Å². The molecule has 0 fully saturated rings. The molecule has 0 aliphatic carbocycles. The number of hydrazone groups is 1. The van der Waals surface area contributed by atoms with Crippen LogP contribution in [0.2, 0.25) is 0 Å². The van der Waals surface area contributed by atoms with E-state index in [0.717, 1.165) is 15.6 Å². The predicted octanol–water partition coefficient (Wildman–Crippen LogP) is 4.76. The van der Waals surface area contributed by atoms with Gasteiger partial charge in [0.25, 0.3) is 11.8 Å². The van der Waals surface area contributed by atoms with Gasteiger partial charge in [-0.1, -0.05) is 76.6 Å². The topological polar surface area (TPSA) is 70.6 Å². The van der Waals surface area contributed by atoms with Gasteiger partial charge in [-0.2, -0.15) is 5.10 Å². The Morgan fingerprint density at radius 2 is 1.50 bits per heavy atom. The van der Waals surface area contributed by atoms with Gasteiger partial charge in [0.05, 0.1) is 5.71 Å². The van der Waals surface area contributed by atoms with Gasteiger partial charge in [0.2, 0.25) is 0 Å². The average Bonchev–Trinajstić information content (AvgIpc) is 2.78. The van der Waals surface area contributed by atoms with Gasteiger partial charge >= 0.3 is 0 Å². The van der Waals surface area contributed by atoms with Crippen LogP contribution in [0.3, 0.4) is 0 Å². The molecule has 0 bridgehead atoms. The Bertz CT molecular complexity index is 1090. The molecule has 2 amide bonds. The summed E-state index contributed by atoms with van der Waals surface area (Å²) in [6.45, 7) is 1.80. The standard InChI is InChI=1S/C24H20BrN3O2/c1-17(20-13-8-14-21(25)16-20)27-28-24(30)22(15-18-9-4-2-5-10-18)26-23(29)19-11-6-3-7-12-19/h2-16H,1H3,(H,26,29)(H,28,30)/b22-15-,27-17?. The quantitative estimate of drug-likeness (QED) is 0.315. The average molecular weight is 462 g/mol. The smallest absolute Gasteiger partial charge is 0.287 e. The molecule has 6 heteroatoms. The molecule has 0 aromatic heterocycles. The zero-order valence-corrected chi connectivity index (χ0v) is 17.9. The van der Waals surface area contributed by atoms with Crippen LogP contribution in [-0.2, 0) is 4.79 Å². The van der Waals surface area contributed by atoms with Crippen molar-refractivity contribution in [3.8, 4) is 0 Å². The van der Waals surface area contributed by atoms with E-state index in [1.165, 1.54) is 0 Å². The van der Waals surface area contributed by atoms with Crippen LogP contribution < -0.4 is 10.7 Å². The van der Waals surface area contributed by atoms with Crippen LogP contribution in [0, 0.1) is 0 Å². The van der Waals surface area contributed by atoms with Crippen molar-refractivity contribution in [2.75, 3.05) is 0 Å². The van der Waals surface area contributed by atoms with Crippen LogP contribution in [0.25, 0.3) is 6.08 Å². The van der Waals surface area contributed by atoms with Gasteiger partial charge in [-0.05, 0) is 48.4 Å².